The van der Waals surface area contributed by atoms with Crippen molar-refractivity contribution in [3.8, 4) is 0 Å². The smallest absolute Gasteiger partial charge is 0.407 e. The van der Waals surface area contributed by atoms with Gasteiger partial charge in [-0.1, -0.05) is 13.8 Å². The van der Waals surface area contributed by atoms with E-state index in [1.54, 1.807) is 6.92 Å². The maximum atomic E-state index is 12.6. The van der Waals surface area contributed by atoms with E-state index in [4.69, 9.17) is 15.2 Å². The molecule has 0 spiro atoms. The Morgan fingerprint density at radius 2 is 2.00 bits per heavy atom. The van der Waals surface area contributed by atoms with Crippen LogP contribution in [-0.4, -0.2) is 78.4 Å². The second-order valence-corrected chi connectivity index (χ2v) is 7.63. The maximum absolute atomic E-state index is 12.6. The summed E-state index contributed by atoms with van der Waals surface area (Å²) in [7, 11) is 0. The molecule has 0 aromatic rings. The highest BCUT2D eigenvalue weighted by molar-refractivity contribution is 5.89. The second-order valence-electron chi connectivity index (χ2n) is 7.63. The molecule has 3 atom stereocenters. The molecule has 1 rings (SSSR count). The molecular formula is C18H33N7O7. The molecule has 1 fully saturated rings. The lowest BCUT2D eigenvalue weighted by atomic mass is 10.0. The topological polar surface area (TPSA) is 191 Å². The summed E-state index contributed by atoms with van der Waals surface area (Å²) in [5, 5.41) is 20.5. The first-order valence-electron chi connectivity index (χ1n) is 10.4. The Bertz CT molecular complexity index is 701. The molecule has 1 aliphatic heterocycles. The van der Waals surface area contributed by atoms with Crippen molar-refractivity contribution in [2.24, 2.45) is 16.8 Å². The van der Waals surface area contributed by atoms with E-state index in [-0.39, 0.29) is 31.6 Å². The molecule has 14 nitrogen and oxygen atoms in total. The number of nitrogens with one attached hydrogen (secondary N) is 3. The van der Waals surface area contributed by atoms with Gasteiger partial charge in [-0.2, -0.15) is 0 Å². The van der Waals surface area contributed by atoms with Crippen molar-refractivity contribution < 1.29 is 28.9 Å². The molecule has 1 aliphatic rings. The summed E-state index contributed by atoms with van der Waals surface area (Å²) in [5.41, 5.74) is 5.72. The lowest BCUT2D eigenvalue weighted by Crippen LogP contribution is -2.61. The van der Waals surface area contributed by atoms with Crippen LogP contribution in [0.4, 0.5) is 4.79 Å². The van der Waals surface area contributed by atoms with Gasteiger partial charge in [0.2, 0.25) is 11.8 Å². The van der Waals surface area contributed by atoms with Crippen molar-refractivity contribution >= 4 is 23.9 Å². The molecule has 5 N–H and O–H groups in total. The number of carbonyl (C=O) groups is 3. The zero-order chi connectivity index (χ0) is 24.3. The molecule has 0 radical (unpaired) electrons. The average molecular weight is 460 g/mol. The van der Waals surface area contributed by atoms with Gasteiger partial charge in [-0.05, 0) is 32.6 Å². The van der Waals surface area contributed by atoms with Gasteiger partial charge >= 0.3 is 6.09 Å². The fourth-order valence-electron chi connectivity index (χ4n) is 2.99. The molecule has 32 heavy (non-hydrogen) atoms. The number of hydrazone groups is 1. The van der Waals surface area contributed by atoms with Gasteiger partial charge in [0.1, 0.15) is 17.7 Å². The van der Waals surface area contributed by atoms with E-state index >= 15 is 0 Å². The third-order valence-electron chi connectivity index (χ3n) is 4.42. The molecule has 1 saturated heterocycles. The highest BCUT2D eigenvalue weighted by Crippen LogP contribution is 2.19. The standard InChI is InChI=1S/C18H33N7O7/c1-5-31-16-13(7-6-8-24(16)17(19)23-25(29)30)22-15(27)12(4)21-14(26)9-20-18(28)32-10-11(2)3/h11-13,16H,5-10H2,1-4H3,(H2,19,23)(H,20,28)(H,21,26)(H,22,27)/t12-,13?,16?/m0/s1. The van der Waals surface area contributed by atoms with Crippen LogP contribution in [0, 0.1) is 16.0 Å². The minimum Gasteiger partial charge on any atom is -0.449 e. The lowest BCUT2D eigenvalue weighted by Gasteiger charge is -2.41. The molecular weight excluding hydrogens is 426 g/mol. The number of hydrogen-bond donors (Lipinski definition) is 4. The number of hydrogen-bond acceptors (Lipinski definition) is 7. The molecule has 0 aromatic heterocycles. The Hall–Kier alpha value is -3.16. The molecule has 0 saturated carbocycles. The van der Waals surface area contributed by atoms with Crippen molar-refractivity contribution in [2.75, 3.05) is 26.3 Å². The van der Waals surface area contributed by atoms with Gasteiger partial charge in [0, 0.05) is 13.2 Å². The van der Waals surface area contributed by atoms with Crippen molar-refractivity contribution in [3.05, 3.63) is 10.1 Å². The van der Waals surface area contributed by atoms with E-state index in [9.17, 15) is 24.5 Å². The maximum Gasteiger partial charge on any atom is 0.407 e. The number of amides is 3. The average Bonchev–Trinajstić information content (AvgIpc) is 2.71. The Kier molecular flexibility index (Phi) is 11.2. The molecule has 14 heteroatoms. The lowest BCUT2D eigenvalue weighted by molar-refractivity contribution is -0.486. The number of nitrogens with two attached hydrogens (primary N) is 1. The predicted molar refractivity (Wildman–Crippen MR) is 114 cm³/mol. The van der Waals surface area contributed by atoms with E-state index in [1.165, 1.54) is 11.8 Å². The molecule has 182 valence electrons. The molecule has 3 amide bonds. The summed E-state index contributed by atoms with van der Waals surface area (Å²) in [6.07, 6.45) is -0.336. The number of nitrogens with zero attached hydrogens (tertiary/aromatic N) is 3. The van der Waals surface area contributed by atoms with Crippen LogP contribution in [-0.2, 0) is 19.1 Å². The van der Waals surface area contributed by atoms with Crippen molar-refractivity contribution in [1.82, 2.24) is 20.9 Å². The van der Waals surface area contributed by atoms with Gasteiger partial charge in [0.05, 0.1) is 12.6 Å². The van der Waals surface area contributed by atoms with E-state index in [0.29, 0.717) is 19.4 Å². The predicted octanol–water partition coefficient (Wildman–Crippen LogP) is -0.677. The fourth-order valence-corrected chi connectivity index (χ4v) is 2.99. The summed E-state index contributed by atoms with van der Waals surface area (Å²) >= 11 is 0. The molecule has 0 aromatic carbocycles. The minimum absolute atomic E-state index is 0.163. The van der Waals surface area contributed by atoms with Crippen molar-refractivity contribution in [3.63, 3.8) is 0 Å². The summed E-state index contributed by atoms with van der Waals surface area (Å²) in [6.45, 7) is 7.54. The quantitative estimate of drug-likeness (QED) is 0.142. The Labute approximate surface area is 186 Å². The van der Waals surface area contributed by atoms with Gasteiger partial charge in [-0.15, -0.1) is 0 Å². The first-order chi connectivity index (χ1) is 15.0. The second kappa shape index (κ2) is 13.3. The molecule has 1 heterocycles. The highest BCUT2D eigenvalue weighted by Gasteiger charge is 2.36. The van der Waals surface area contributed by atoms with Crippen LogP contribution in [0.25, 0.3) is 0 Å². The number of nitro groups is 1. The Morgan fingerprint density at radius 3 is 2.59 bits per heavy atom. The van der Waals surface area contributed by atoms with Crippen molar-refractivity contribution in [1.29, 1.82) is 0 Å². The third kappa shape index (κ3) is 9.32. The van der Waals surface area contributed by atoms with Crippen LogP contribution in [0.1, 0.15) is 40.5 Å². The number of rotatable bonds is 10. The van der Waals surface area contributed by atoms with Crippen LogP contribution in [0.3, 0.4) is 0 Å². The third-order valence-corrected chi connectivity index (χ3v) is 4.42. The Balaban J connectivity index is 2.63. The Morgan fingerprint density at radius 1 is 1.31 bits per heavy atom. The number of piperidine rings is 1. The van der Waals surface area contributed by atoms with Gasteiger partial charge in [-0.3, -0.25) is 9.59 Å². The zero-order valence-corrected chi connectivity index (χ0v) is 18.8. The van der Waals surface area contributed by atoms with Crippen LogP contribution >= 0.6 is 0 Å². The van der Waals surface area contributed by atoms with Crippen LogP contribution < -0.4 is 21.7 Å². The van der Waals surface area contributed by atoms with E-state index < -0.39 is 41.3 Å². The van der Waals surface area contributed by atoms with Gasteiger partial charge in [0.15, 0.2) is 11.3 Å². The number of guanidine groups is 1. The van der Waals surface area contributed by atoms with Crippen molar-refractivity contribution in [2.45, 2.75) is 58.8 Å². The zero-order valence-electron chi connectivity index (χ0n) is 18.8. The fraction of sp³-hybridized carbons (Fsp3) is 0.778. The first-order valence-corrected chi connectivity index (χ1v) is 10.4. The van der Waals surface area contributed by atoms with E-state index in [2.05, 4.69) is 21.1 Å². The van der Waals surface area contributed by atoms with Gasteiger partial charge in [-0.25, -0.2) is 14.9 Å². The number of alkyl carbamates (subject to hydrolysis) is 1. The summed E-state index contributed by atoms with van der Waals surface area (Å²) in [6, 6.07) is -1.43. The van der Waals surface area contributed by atoms with E-state index in [0.717, 1.165) is 0 Å². The highest BCUT2D eigenvalue weighted by atomic mass is 16.7. The molecule has 0 aliphatic carbocycles. The SMILES string of the molecule is CCOC1C(NC(=O)[C@H](C)NC(=O)CNC(=O)OCC(C)C)CCCN1/C(N)=N\[N+](=O)[O-]. The molecule has 0 bridgehead atoms. The number of carbonyl (C=O) groups excluding carboxylic acids is 3. The first kappa shape index (κ1) is 26.9. The summed E-state index contributed by atoms with van der Waals surface area (Å²) in [4.78, 5) is 48.2. The summed E-state index contributed by atoms with van der Waals surface area (Å²) in [5.74, 6) is -1.20. The number of ether oxygens (including phenoxy) is 2. The normalized spacial score (nSPS) is 19.8. The largest absolute Gasteiger partial charge is 0.449 e. The minimum atomic E-state index is -0.904. The van der Waals surface area contributed by atoms with Gasteiger partial charge < -0.3 is 36.1 Å². The van der Waals surface area contributed by atoms with Crippen LogP contribution in [0.5, 0.6) is 0 Å². The number of likely N-dealkylation sites (tertiary alicyclic amines) is 1. The van der Waals surface area contributed by atoms with Crippen LogP contribution in [0.15, 0.2) is 5.10 Å². The summed E-state index contributed by atoms with van der Waals surface area (Å²) < 4.78 is 10.6. The van der Waals surface area contributed by atoms with E-state index in [1.807, 2.05) is 13.8 Å². The molecule has 2 unspecified atom stereocenters. The van der Waals surface area contributed by atoms with Crippen LogP contribution in [0.2, 0.25) is 0 Å². The van der Waals surface area contributed by atoms with Gasteiger partial charge in [0.25, 0.3) is 5.96 Å². The monoisotopic (exact) mass is 459 g/mol.